The van der Waals surface area contributed by atoms with Crippen molar-refractivity contribution in [3.63, 3.8) is 0 Å². The molecule has 0 heterocycles. The van der Waals surface area contributed by atoms with E-state index < -0.39 is 5.60 Å². The van der Waals surface area contributed by atoms with Gasteiger partial charge in [-0.05, 0) is 26.2 Å². The number of rotatable bonds is 3. The normalized spacial score (nSPS) is 25.2. The van der Waals surface area contributed by atoms with Crippen molar-refractivity contribution in [1.82, 2.24) is 0 Å². The van der Waals surface area contributed by atoms with Crippen LogP contribution in [0.1, 0.15) is 39.5 Å². The molecule has 12 heavy (non-hydrogen) atoms. The summed E-state index contributed by atoms with van der Waals surface area (Å²) in [5.74, 6) is 0.411. The molecule has 2 heteroatoms. The van der Waals surface area contributed by atoms with Gasteiger partial charge in [0, 0.05) is 0 Å². The van der Waals surface area contributed by atoms with Gasteiger partial charge in [-0.3, -0.25) is 0 Å². The molecule has 2 nitrogen and oxygen atoms in total. The summed E-state index contributed by atoms with van der Waals surface area (Å²) in [4.78, 5) is 0. The van der Waals surface area contributed by atoms with Crippen LogP contribution in [0.15, 0.2) is 0 Å². The predicted octanol–water partition coefficient (Wildman–Crippen LogP) is 2.09. The molecule has 0 bridgehead atoms. The van der Waals surface area contributed by atoms with Crippen LogP contribution in [0.3, 0.4) is 0 Å². The lowest BCUT2D eigenvalue weighted by molar-refractivity contribution is -0.00793. The Morgan fingerprint density at radius 3 is 2.58 bits per heavy atom. The second kappa shape index (κ2) is 3.45. The van der Waals surface area contributed by atoms with E-state index in [1.165, 1.54) is 19.3 Å². The minimum atomic E-state index is -0.778. The van der Waals surface area contributed by atoms with Crippen LogP contribution in [-0.4, -0.2) is 10.7 Å². The first-order valence-corrected chi connectivity index (χ1v) is 4.68. The topological polar surface area (TPSA) is 44.0 Å². The van der Waals surface area contributed by atoms with Gasteiger partial charge in [0.05, 0.1) is 17.6 Å². The summed E-state index contributed by atoms with van der Waals surface area (Å²) in [7, 11) is 0. The molecule has 1 saturated carbocycles. The fraction of sp³-hybridized carbons (Fsp3) is 0.900. The van der Waals surface area contributed by atoms with Gasteiger partial charge in [-0.25, -0.2) is 0 Å². The minimum absolute atomic E-state index is 0.252. The molecule has 2 unspecified atom stereocenters. The fourth-order valence-corrected chi connectivity index (χ4v) is 1.60. The average Bonchev–Trinajstić information content (AvgIpc) is 1.95. The highest BCUT2D eigenvalue weighted by molar-refractivity contribution is 4.95. The molecule has 2 atom stereocenters. The van der Waals surface area contributed by atoms with Gasteiger partial charge in [0.25, 0.3) is 0 Å². The van der Waals surface area contributed by atoms with Gasteiger partial charge < -0.3 is 5.11 Å². The SMILES string of the molecule is CC(C#N)C(C)(O)CC1CCC1. The Bertz CT molecular complexity index is 189. The van der Waals surface area contributed by atoms with Gasteiger partial charge in [0.15, 0.2) is 0 Å². The van der Waals surface area contributed by atoms with E-state index in [-0.39, 0.29) is 5.92 Å². The molecule has 0 spiro atoms. The Labute approximate surface area is 74.2 Å². The van der Waals surface area contributed by atoms with Gasteiger partial charge in [0.2, 0.25) is 0 Å². The predicted molar refractivity (Wildman–Crippen MR) is 47.4 cm³/mol. The summed E-state index contributed by atoms with van der Waals surface area (Å²) < 4.78 is 0. The molecule has 1 fully saturated rings. The van der Waals surface area contributed by atoms with Gasteiger partial charge >= 0.3 is 0 Å². The lowest BCUT2D eigenvalue weighted by Crippen LogP contribution is -2.36. The monoisotopic (exact) mass is 167 g/mol. The van der Waals surface area contributed by atoms with Gasteiger partial charge in [0.1, 0.15) is 0 Å². The maximum Gasteiger partial charge on any atom is 0.0777 e. The highest BCUT2D eigenvalue weighted by atomic mass is 16.3. The maximum absolute atomic E-state index is 9.90. The van der Waals surface area contributed by atoms with Crippen molar-refractivity contribution < 1.29 is 5.11 Å². The van der Waals surface area contributed by atoms with Gasteiger partial charge in [-0.1, -0.05) is 19.3 Å². The second-order valence-corrected chi connectivity index (χ2v) is 4.21. The molecule has 0 aromatic rings. The van der Waals surface area contributed by atoms with E-state index in [4.69, 9.17) is 5.26 Å². The Morgan fingerprint density at radius 2 is 2.25 bits per heavy atom. The summed E-state index contributed by atoms with van der Waals surface area (Å²) >= 11 is 0. The Morgan fingerprint density at radius 1 is 1.67 bits per heavy atom. The third kappa shape index (κ3) is 1.98. The zero-order valence-electron chi connectivity index (χ0n) is 7.88. The lowest BCUT2D eigenvalue weighted by atomic mass is 9.74. The van der Waals surface area contributed by atoms with Crippen LogP contribution in [0.4, 0.5) is 0 Å². The molecule has 1 rings (SSSR count). The van der Waals surface area contributed by atoms with Crippen molar-refractivity contribution in [3.05, 3.63) is 0 Å². The Hall–Kier alpha value is -0.550. The summed E-state index contributed by atoms with van der Waals surface area (Å²) in [6.07, 6.45) is 4.55. The third-order valence-electron chi connectivity index (χ3n) is 3.05. The highest BCUT2D eigenvalue weighted by Gasteiger charge is 2.33. The van der Waals surface area contributed by atoms with Crippen LogP contribution in [0.5, 0.6) is 0 Å². The number of hydrogen-bond donors (Lipinski definition) is 1. The quantitative estimate of drug-likeness (QED) is 0.699. The average molecular weight is 167 g/mol. The van der Waals surface area contributed by atoms with Crippen molar-refractivity contribution in [1.29, 1.82) is 5.26 Å². The molecule has 1 aliphatic rings. The summed E-state index contributed by atoms with van der Waals surface area (Å²) in [6.45, 7) is 3.57. The summed E-state index contributed by atoms with van der Waals surface area (Å²) in [5, 5.41) is 18.6. The standard InChI is InChI=1S/C10H17NO/c1-8(7-11)10(2,12)6-9-4-3-5-9/h8-9,12H,3-6H2,1-2H3. The first-order chi connectivity index (χ1) is 5.56. The molecule has 0 aromatic heterocycles. The summed E-state index contributed by atoms with van der Waals surface area (Å²) in [5.41, 5.74) is -0.778. The van der Waals surface area contributed by atoms with Crippen molar-refractivity contribution in [2.24, 2.45) is 11.8 Å². The van der Waals surface area contributed by atoms with Crippen molar-refractivity contribution >= 4 is 0 Å². The molecule has 1 N–H and O–H groups in total. The van der Waals surface area contributed by atoms with Crippen LogP contribution in [-0.2, 0) is 0 Å². The van der Waals surface area contributed by atoms with Crippen LogP contribution in [0.25, 0.3) is 0 Å². The first-order valence-electron chi connectivity index (χ1n) is 4.68. The lowest BCUT2D eigenvalue weighted by Gasteiger charge is -2.34. The van der Waals surface area contributed by atoms with Crippen molar-refractivity contribution in [2.75, 3.05) is 0 Å². The molecular formula is C10H17NO. The number of hydrogen-bond acceptors (Lipinski definition) is 2. The molecule has 0 aromatic carbocycles. The molecule has 0 radical (unpaired) electrons. The van der Waals surface area contributed by atoms with E-state index in [2.05, 4.69) is 6.07 Å². The van der Waals surface area contributed by atoms with Gasteiger partial charge in [-0.2, -0.15) is 5.26 Å². The molecule has 0 aliphatic heterocycles. The van der Waals surface area contributed by atoms with Crippen LogP contribution in [0, 0.1) is 23.2 Å². The smallest absolute Gasteiger partial charge is 0.0777 e. The molecule has 1 aliphatic carbocycles. The van der Waals surface area contributed by atoms with Gasteiger partial charge in [-0.15, -0.1) is 0 Å². The zero-order chi connectivity index (χ0) is 9.19. The second-order valence-electron chi connectivity index (χ2n) is 4.21. The van der Waals surface area contributed by atoms with Crippen LogP contribution < -0.4 is 0 Å². The third-order valence-corrected chi connectivity index (χ3v) is 3.05. The minimum Gasteiger partial charge on any atom is -0.389 e. The fourth-order valence-electron chi connectivity index (χ4n) is 1.60. The van der Waals surface area contributed by atoms with Crippen molar-refractivity contribution in [3.8, 4) is 6.07 Å². The van der Waals surface area contributed by atoms with E-state index in [9.17, 15) is 5.11 Å². The Balaban J connectivity index is 2.41. The zero-order valence-corrected chi connectivity index (χ0v) is 7.88. The van der Waals surface area contributed by atoms with E-state index >= 15 is 0 Å². The number of nitrogens with zero attached hydrogens (tertiary/aromatic N) is 1. The van der Waals surface area contributed by atoms with Crippen molar-refractivity contribution in [2.45, 2.75) is 45.1 Å². The van der Waals surface area contributed by atoms with E-state index in [0.29, 0.717) is 5.92 Å². The maximum atomic E-state index is 9.90. The van der Waals surface area contributed by atoms with E-state index in [1.54, 1.807) is 13.8 Å². The van der Waals surface area contributed by atoms with Crippen LogP contribution >= 0.6 is 0 Å². The number of nitriles is 1. The van der Waals surface area contributed by atoms with E-state index in [0.717, 1.165) is 6.42 Å². The van der Waals surface area contributed by atoms with E-state index in [1.807, 2.05) is 0 Å². The molecule has 68 valence electrons. The van der Waals surface area contributed by atoms with Crippen LogP contribution in [0.2, 0.25) is 0 Å². The number of aliphatic hydroxyl groups is 1. The molecular weight excluding hydrogens is 150 g/mol. The summed E-state index contributed by atoms with van der Waals surface area (Å²) in [6, 6.07) is 2.11. The largest absolute Gasteiger partial charge is 0.389 e. The Kier molecular flexibility index (Phi) is 2.74. The molecule has 0 amide bonds. The molecule has 0 saturated heterocycles. The first kappa shape index (κ1) is 9.54. The highest BCUT2D eigenvalue weighted by Crippen LogP contribution is 2.36.